The lowest BCUT2D eigenvalue weighted by Crippen LogP contribution is -2.15. The lowest BCUT2D eigenvalue weighted by atomic mass is 10.1. The van der Waals surface area contributed by atoms with Gasteiger partial charge < -0.3 is 10.6 Å². The lowest BCUT2D eigenvalue weighted by molar-refractivity contribution is -0.384. The zero-order valence-electron chi connectivity index (χ0n) is 13.6. The summed E-state index contributed by atoms with van der Waals surface area (Å²) in [4.78, 5) is 34.4. The fraction of sp³-hybridized carbons (Fsp3) is 0.222. The van der Waals surface area contributed by atoms with Crippen LogP contribution >= 0.6 is 0 Å². The molecule has 0 spiro atoms. The minimum Gasteiger partial charge on any atom is -0.326 e. The second-order valence-corrected chi connectivity index (χ2v) is 6.15. The Kier molecular flexibility index (Phi) is 4.47. The summed E-state index contributed by atoms with van der Waals surface area (Å²) in [6, 6.07) is 12.2. The van der Waals surface area contributed by atoms with Crippen molar-refractivity contribution in [2.75, 3.05) is 10.6 Å². The van der Waals surface area contributed by atoms with E-state index in [0.29, 0.717) is 22.9 Å². The normalized spacial score (nSPS) is 18.3. The average Bonchev–Trinajstić information content (AvgIpc) is 3.32. The van der Waals surface area contributed by atoms with Gasteiger partial charge in [0, 0.05) is 35.0 Å². The molecule has 2 aromatic rings. The van der Waals surface area contributed by atoms with Crippen LogP contribution in [0.2, 0.25) is 0 Å². The Morgan fingerprint density at radius 2 is 1.76 bits per heavy atom. The van der Waals surface area contributed by atoms with E-state index in [2.05, 4.69) is 10.6 Å². The van der Waals surface area contributed by atoms with Crippen LogP contribution in [0.1, 0.15) is 23.7 Å². The monoisotopic (exact) mass is 339 g/mol. The molecule has 2 amide bonds. The number of nitro benzene ring substituents is 1. The summed E-state index contributed by atoms with van der Waals surface area (Å²) < 4.78 is 0. The number of hydrogen-bond acceptors (Lipinski definition) is 4. The van der Waals surface area contributed by atoms with E-state index < -0.39 is 4.92 Å². The predicted molar refractivity (Wildman–Crippen MR) is 93.4 cm³/mol. The van der Waals surface area contributed by atoms with Crippen molar-refractivity contribution in [3.8, 4) is 0 Å². The molecule has 7 nitrogen and oxygen atoms in total. The van der Waals surface area contributed by atoms with Crippen molar-refractivity contribution in [2.45, 2.75) is 13.3 Å². The number of carbonyl (C=O) groups excluding carboxylic acids is 2. The zero-order valence-corrected chi connectivity index (χ0v) is 13.6. The molecule has 2 aromatic carbocycles. The van der Waals surface area contributed by atoms with Gasteiger partial charge in [0.1, 0.15) is 0 Å². The Labute approximate surface area is 144 Å². The third-order valence-electron chi connectivity index (χ3n) is 4.18. The molecule has 1 aliphatic carbocycles. The van der Waals surface area contributed by atoms with Crippen LogP contribution in [-0.4, -0.2) is 16.7 Å². The molecule has 25 heavy (non-hydrogen) atoms. The molecule has 0 saturated heterocycles. The number of benzene rings is 2. The van der Waals surface area contributed by atoms with E-state index >= 15 is 0 Å². The lowest BCUT2D eigenvalue weighted by Gasteiger charge is -2.07. The number of nitrogens with zero attached hydrogens (tertiary/aromatic N) is 1. The van der Waals surface area contributed by atoms with E-state index in [1.165, 1.54) is 18.2 Å². The van der Waals surface area contributed by atoms with E-state index in [9.17, 15) is 19.7 Å². The van der Waals surface area contributed by atoms with Crippen LogP contribution in [0, 0.1) is 22.0 Å². The first kappa shape index (κ1) is 16.6. The molecule has 3 rings (SSSR count). The van der Waals surface area contributed by atoms with Crippen molar-refractivity contribution in [3.05, 3.63) is 64.2 Å². The number of nitrogens with one attached hydrogen (secondary N) is 2. The van der Waals surface area contributed by atoms with Gasteiger partial charge in [-0.1, -0.05) is 13.0 Å². The fourth-order valence-electron chi connectivity index (χ4n) is 2.53. The number of nitro groups is 1. The number of amides is 2. The molecule has 2 atom stereocenters. The van der Waals surface area contributed by atoms with E-state index in [4.69, 9.17) is 0 Å². The first-order valence-corrected chi connectivity index (χ1v) is 7.91. The molecular formula is C18H17N3O4. The number of anilines is 2. The molecule has 7 heteroatoms. The van der Waals surface area contributed by atoms with Crippen molar-refractivity contribution in [1.82, 2.24) is 0 Å². The van der Waals surface area contributed by atoms with Crippen LogP contribution in [0.25, 0.3) is 0 Å². The van der Waals surface area contributed by atoms with Crippen LogP contribution in [0.15, 0.2) is 48.5 Å². The molecular weight excluding hydrogens is 322 g/mol. The third kappa shape index (κ3) is 4.00. The standard InChI is InChI=1S/C18H17N3O4/c1-11-9-16(11)18(23)19-13-7-5-12(6-8-13)17(22)20-14-3-2-4-15(10-14)21(24)25/h2-8,10-11,16H,9H2,1H3,(H,19,23)(H,20,22)/t11-,16+/m1/s1. The van der Waals surface area contributed by atoms with Crippen LogP contribution in [0.3, 0.4) is 0 Å². The van der Waals surface area contributed by atoms with Gasteiger partial charge in [-0.25, -0.2) is 0 Å². The summed E-state index contributed by atoms with van der Waals surface area (Å²) in [5.41, 5.74) is 1.28. The van der Waals surface area contributed by atoms with Crippen molar-refractivity contribution >= 4 is 28.9 Å². The Morgan fingerprint density at radius 1 is 1.08 bits per heavy atom. The minimum absolute atomic E-state index is 0.00120. The van der Waals surface area contributed by atoms with Crippen LogP contribution in [-0.2, 0) is 4.79 Å². The second kappa shape index (κ2) is 6.72. The molecule has 0 unspecified atom stereocenters. The summed E-state index contributed by atoms with van der Waals surface area (Å²) >= 11 is 0. The Morgan fingerprint density at radius 3 is 2.36 bits per heavy atom. The maximum Gasteiger partial charge on any atom is 0.271 e. The maximum atomic E-state index is 12.2. The van der Waals surface area contributed by atoms with Crippen LogP contribution < -0.4 is 10.6 Å². The SMILES string of the molecule is C[C@@H]1C[C@@H]1C(=O)Nc1ccc(C(=O)Nc2cccc([N+](=O)[O-])c2)cc1. The van der Waals surface area contributed by atoms with Gasteiger partial charge in [0.2, 0.25) is 5.91 Å². The van der Waals surface area contributed by atoms with Crippen molar-refractivity contribution in [3.63, 3.8) is 0 Å². The Balaban J connectivity index is 1.63. The van der Waals surface area contributed by atoms with E-state index in [0.717, 1.165) is 6.42 Å². The molecule has 0 radical (unpaired) electrons. The highest BCUT2D eigenvalue weighted by molar-refractivity contribution is 6.04. The molecule has 1 saturated carbocycles. The van der Waals surface area contributed by atoms with Gasteiger partial charge in [-0.15, -0.1) is 0 Å². The Bertz CT molecular complexity index is 832. The van der Waals surface area contributed by atoms with Gasteiger partial charge in [0.15, 0.2) is 0 Å². The Hall–Kier alpha value is -3.22. The summed E-state index contributed by atoms with van der Waals surface area (Å²) in [5, 5.41) is 16.2. The number of non-ortho nitro benzene ring substituents is 1. The van der Waals surface area contributed by atoms with Crippen LogP contribution in [0.4, 0.5) is 17.1 Å². The van der Waals surface area contributed by atoms with Crippen LogP contribution in [0.5, 0.6) is 0 Å². The summed E-state index contributed by atoms with van der Waals surface area (Å²) in [7, 11) is 0. The minimum atomic E-state index is -0.520. The largest absolute Gasteiger partial charge is 0.326 e. The quantitative estimate of drug-likeness (QED) is 0.643. The summed E-state index contributed by atoms with van der Waals surface area (Å²) in [5.74, 6) is 0.132. The molecule has 2 N–H and O–H groups in total. The highest BCUT2D eigenvalue weighted by Crippen LogP contribution is 2.38. The second-order valence-electron chi connectivity index (χ2n) is 6.15. The molecule has 0 aliphatic heterocycles. The third-order valence-corrected chi connectivity index (χ3v) is 4.18. The number of hydrogen-bond donors (Lipinski definition) is 2. The molecule has 1 aliphatic rings. The van der Waals surface area contributed by atoms with Crippen molar-refractivity contribution in [1.29, 1.82) is 0 Å². The first-order chi connectivity index (χ1) is 11.9. The van der Waals surface area contributed by atoms with Gasteiger partial charge in [-0.05, 0) is 42.7 Å². The van der Waals surface area contributed by atoms with Gasteiger partial charge in [0.25, 0.3) is 11.6 Å². The topological polar surface area (TPSA) is 101 Å². The van der Waals surface area contributed by atoms with E-state index in [1.807, 2.05) is 6.92 Å². The molecule has 1 fully saturated rings. The highest BCUT2D eigenvalue weighted by Gasteiger charge is 2.39. The predicted octanol–water partition coefficient (Wildman–Crippen LogP) is 3.44. The van der Waals surface area contributed by atoms with E-state index in [-0.39, 0.29) is 23.4 Å². The van der Waals surface area contributed by atoms with Gasteiger partial charge in [-0.2, -0.15) is 0 Å². The van der Waals surface area contributed by atoms with Crippen molar-refractivity contribution < 1.29 is 14.5 Å². The van der Waals surface area contributed by atoms with E-state index in [1.54, 1.807) is 30.3 Å². The molecule has 0 heterocycles. The highest BCUT2D eigenvalue weighted by atomic mass is 16.6. The maximum absolute atomic E-state index is 12.2. The fourth-order valence-corrected chi connectivity index (χ4v) is 2.53. The number of carbonyl (C=O) groups is 2. The molecule has 0 aromatic heterocycles. The van der Waals surface area contributed by atoms with Crippen molar-refractivity contribution in [2.24, 2.45) is 11.8 Å². The van der Waals surface area contributed by atoms with Gasteiger partial charge in [-0.3, -0.25) is 19.7 Å². The van der Waals surface area contributed by atoms with Gasteiger partial charge >= 0.3 is 0 Å². The summed E-state index contributed by atoms with van der Waals surface area (Å²) in [6.45, 7) is 2.03. The smallest absolute Gasteiger partial charge is 0.271 e. The molecule has 0 bridgehead atoms. The summed E-state index contributed by atoms with van der Waals surface area (Å²) in [6.07, 6.45) is 0.912. The molecule has 128 valence electrons. The zero-order chi connectivity index (χ0) is 18.0. The average molecular weight is 339 g/mol. The number of rotatable bonds is 5. The van der Waals surface area contributed by atoms with Gasteiger partial charge in [0.05, 0.1) is 4.92 Å². The first-order valence-electron chi connectivity index (χ1n) is 7.91.